The summed E-state index contributed by atoms with van der Waals surface area (Å²) >= 11 is 0. The quantitative estimate of drug-likeness (QED) is 0.0845. The molecule has 0 rings (SSSR count). The van der Waals surface area contributed by atoms with Crippen molar-refractivity contribution in [3.8, 4) is 0 Å². The van der Waals surface area contributed by atoms with E-state index < -0.39 is 82.3 Å². The van der Waals surface area contributed by atoms with E-state index in [4.69, 9.17) is 0 Å². The van der Waals surface area contributed by atoms with Crippen molar-refractivity contribution in [2.24, 2.45) is 0 Å². The van der Waals surface area contributed by atoms with Gasteiger partial charge in [0.1, 0.15) is 5.25 Å². The van der Waals surface area contributed by atoms with Gasteiger partial charge in [0.15, 0.2) is 0 Å². The predicted molar refractivity (Wildman–Crippen MR) is 114 cm³/mol. The fraction of sp³-hybridized carbons (Fsp3) is 0.905. The Labute approximate surface area is 228 Å². The Kier molecular flexibility index (Phi) is 12.7. The Balaban J connectivity index is 6.79. The van der Waals surface area contributed by atoms with E-state index in [0.717, 1.165) is 11.1 Å². The minimum atomic E-state index is -8.78. The molecule has 0 aromatic rings. The van der Waals surface area contributed by atoms with Crippen molar-refractivity contribution in [3.05, 3.63) is 12.7 Å². The first-order chi connectivity index (χ1) is 18.5. The van der Waals surface area contributed by atoms with Crippen LogP contribution in [0, 0.1) is 0 Å². The van der Waals surface area contributed by atoms with Gasteiger partial charge >= 0.3 is 47.6 Å². The molecular weight excluding hydrogens is 653 g/mol. The minimum Gasteiger partial charge on any atom is -0.212 e. The average molecular weight is 679 g/mol. The molecule has 42 heavy (non-hydrogen) atoms. The maximum atomic E-state index is 14.8. The van der Waals surface area contributed by atoms with Gasteiger partial charge in [-0.05, 0) is 6.42 Å². The van der Waals surface area contributed by atoms with Crippen LogP contribution in [0.2, 0.25) is 0 Å². The van der Waals surface area contributed by atoms with E-state index in [9.17, 15) is 83.1 Å². The number of nitrogens with one attached hydrogen (secondary N) is 1. The highest BCUT2D eigenvalue weighted by molar-refractivity contribution is 7.90. The average Bonchev–Trinajstić information content (AvgIpc) is 2.82. The topological polar surface area (TPSA) is 46.2 Å². The molecule has 1 N–H and O–H groups in total. The van der Waals surface area contributed by atoms with Crippen molar-refractivity contribution in [2.45, 2.75) is 111 Å². The molecule has 0 radical (unpaired) electrons. The van der Waals surface area contributed by atoms with Crippen LogP contribution >= 0.6 is 0 Å². The van der Waals surface area contributed by atoms with E-state index >= 15 is 0 Å². The molecule has 0 saturated heterocycles. The second-order valence-corrected chi connectivity index (χ2v) is 11.1. The fourth-order valence-electron chi connectivity index (χ4n) is 3.47. The minimum absolute atomic E-state index is 0.137. The van der Waals surface area contributed by atoms with E-state index in [-0.39, 0.29) is 12.8 Å². The maximum Gasteiger partial charge on any atom is 0.460 e. The smallest absolute Gasteiger partial charge is 0.212 e. The molecule has 3 nitrogen and oxygen atoms in total. The summed E-state index contributed by atoms with van der Waals surface area (Å²) in [7, 11) is -5.97. The summed E-state index contributed by atoms with van der Waals surface area (Å²) in [5.74, 6) is -58.1. The first kappa shape index (κ1) is 40.5. The lowest BCUT2D eigenvalue weighted by Crippen LogP contribution is -2.75. The van der Waals surface area contributed by atoms with E-state index in [0.29, 0.717) is 25.3 Å². The van der Waals surface area contributed by atoms with Crippen LogP contribution in [0.3, 0.4) is 0 Å². The first-order valence-electron chi connectivity index (χ1n) is 11.8. The van der Waals surface area contributed by atoms with Gasteiger partial charge in [0, 0.05) is 6.54 Å². The Morgan fingerprint density at radius 2 is 0.952 bits per heavy atom. The summed E-state index contributed by atoms with van der Waals surface area (Å²) in [6.45, 7) is 3.67. The van der Waals surface area contributed by atoms with Crippen LogP contribution in [-0.2, 0) is 10.0 Å². The monoisotopic (exact) mass is 679 g/mol. The molecule has 0 fully saturated rings. The molecule has 0 spiro atoms. The van der Waals surface area contributed by atoms with Crippen LogP contribution in [0.25, 0.3) is 0 Å². The zero-order valence-corrected chi connectivity index (χ0v) is 22.2. The number of halogens is 17. The highest BCUT2D eigenvalue weighted by Gasteiger charge is 2.95. The van der Waals surface area contributed by atoms with Gasteiger partial charge in [0.25, 0.3) is 0 Å². The van der Waals surface area contributed by atoms with E-state index in [1.807, 2.05) is 0 Å². The highest BCUT2D eigenvalue weighted by atomic mass is 32.2. The Bertz CT molecular complexity index is 993. The SMILES string of the molecule is C=CCNS(=O)(=O)C(CCCCCCCCC)C(F)(F)C(F)(F)C(F)(F)C(F)(F)C(F)(F)C(F)(F)C(F)(F)C(F)(F)F. The Hall–Kier alpha value is -1.54. The molecule has 0 heterocycles. The number of hydrogen-bond acceptors (Lipinski definition) is 2. The van der Waals surface area contributed by atoms with E-state index in [1.165, 1.54) is 0 Å². The lowest BCUT2D eigenvalue weighted by molar-refractivity contribution is -0.461. The number of sulfonamides is 1. The standard InChI is InChI=1S/C21H26F17NO2S/c1-3-5-6-7-8-9-10-11-13(42(40,41)39-12-4-2)14(22,23)15(24,25)16(26,27)17(28,29)18(30,31)19(32,33)20(34,35)21(36,37)38/h4,13,39H,2-3,5-12H2,1H3. The van der Waals surface area contributed by atoms with Gasteiger partial charge in [-0.15, -0.1) is 6.58 Å². The third-order valence-electron chi connectivity index (χ3n) is 6.02. The van der Waals surface area contributed by atoms with Gasteiger partial charge in [0.05, 0.1) is 0 Å². The molecule has 21 heteroatoms. The third kappa shape index (κ3) is 7.06. The summed E-state index contributed by atoms with van der Waals surface area (Å²) in [5.41, 5.74) is 0. The normalized spacial score (nSPS) is 16.0. The molecule has 0 aromatic carbocycles. The molecule has 0 saturated carbocycles. The molecule has 1 unspecified atom stereocenters. The summed E-state index contributed by atoms with van der Waals surface area (Å²) in [5, 5.41) is -4.15. The molecule has 252 valence electrons. The number of alkyl halides is 17. The first-order valence-corrected chi connectivity index (χ1v) is 13.4. The van der Waals surface area contributed by atoms with E-state index in [1.54, 1.807) is 6.92 Å². The number of unbranched alkanes of at least 4 members (excludes halogenated alkanes) is 6. The van der Waals surface area contributed by atoms with Gasteiger partial charge in [-0.1, -0.05) is 57.9 Å². The summed E-state index contributed by atoms with van der Waals surface area (Å²) in [4.78, 5) is 0. The van der Waals surface area contributed by atoms with E-state index in [2.05, 4.69) is 6.58 Å². The molecular formula is C21H26F17NO2S. The molecule has 0 amide bonds. The van der Waals surface area contributed by atoms with Gasteiger partial charge < -0.3 is 0 Å². The maximum absolute atomic E-state index is 14.8. The Morgan fingerprint density at radius 3 is 1.33 bits per heavy atom. The predicted octanol–water partition coefficient (Wildman–Crippen LogP) is 8.61. The zero-order chi connectivity index (χ0) is 33.9. The van der Waals surface area contributed by atoms with Crippen LogP contribution in [0.4, 0.5) is 74.6 Å². The highest BCUT2D eigenvalue weighted by Crippen LogP contribution is 2.64. The van der Waals surface area contributed by atoms with Gasteiger partial charge in [-0.25, -0.2) is 13.1 Å². The lowest BCUT2D eigenvalue weighted by Gasteiger charge is -2.43. The largest absolute Gasteiger partial charge is 0.460 e. The fourth-order valence-corrected chi connectivity index (χ4v) is 5.04. The lowest BCUT2D eigenvalue weighted by atomic mass is 9.87. The zero-order valence-electron chi connectivity index (χ0n) is 21.4. The van der Waals surface area contributed by atoms with Crippen LogP contribution in [0.1, 0.15) is 58.3 Å². The summed E-state index contributed by atoms with van der Waals surface area (Å²) < 4.78 is 257. The van der Waals surface area contributed by atoms with Crippen LogP contribution in [0.15, 0.2) is 12.7 Å². The second-order valence-electron chi connectivity index (χ2n) is 9.15. The number of rotatable bonds is 19. The molecule has 1 atom stereocenters. The molecule has 0 aliphatic heterocycles. The Morgan fingerprint density at radius 1 is 0.595 bits per heavy atom. The van der Waals surface area contributed by atoms with Gasteiger partial charge in [0.2, 0.25) is 10.0 Å². The van der Waals surface area contributed by atoms with Gasteiger partial charge in [-0.3, -0.25) is 0 Å². The molecule has 0 aromatic heterocycles. The van der Waals surface area contributed by atoms with Gasteiger partial charge in [-0.2, -0.15) is 74.6 Å². The van der Waals surface area contributed by atoms with Crippen LogP contribution < -0.4 is 4.72 Å². The molecule has 0 aliphatic carbocycles. The summed E-state index contributed by atoms with van der Waals surface area (Å²) in [6.07, 6.45) is -7.50. The molecule has 0 bridgehead atoms. The molecule has 0 aliphatic rings. The van der Waals surface area contributed by atoms with Crippen LogP contribution in [-0.4, -0.2) is 67.8 Å². The number of hydrogen-bond donors (Lipinski definition) is 1. The van der Waals surface area contributed by atoms with Crippen molar-refractivity contribution in [1.29, 1.82) is 0 Å². The van der Waals surface area contributed by atoms with Crippen molar-refractivity contribution in [2.75, 3.05) is 6.54 Å². The van der Waals surface area contributed by atoms with Crippen molar-refractivity contribution in [1.82, 2.24) is 4.72 Å². The van der Waals surface area contributed by atoms with Crippen molar-refractivity contribution >= 4 is 10.0 Å². The van der Waals surface area contributed by atoms with Crippen molar-refractivity contribution < 1.29 is 83.1 Å². The summed E-state index contributed by atoms with van der Waals surface area (Å²) in [6, 6.07) is 0. The van der Waals surface area contributed by atoms with Crippen molar-refractivity contribution in [3.63, 3.8) is 0 Å². The van der Waals surface area contributed by atoms with Crippen LogP contribution in [0.5, 0.6) is 0 Å². The second kappa shape index (κ2) is 13.2. The third-order valence-corrected chi connectivity index (χ3v) is 7.87.